The maximum absolute atomic E-state index is 13.1. The van der Waals surface area contributed by atoms with Gasteiger partial charge in [-0.05, 0) is 55.3 Å². The number of anilines is 2. The lowest BCUT2D eigenvalue weighted by molar-refractivity contribution is 0.0532. The van der Waals surface area contributed by atoms with E-state index in [4.69, 9.17) is 10.5 Å². The number of pyridine rings is 1. The summed E-state index contributed by atoms with van der Waals surface area (Å²) in [7, 11) is 0. The molecule has 0 saturated carbocycles. The molecule has 0 bridgehead atoms. The Balaban J connectivity index is 1.75. The minimum atomic E-state index is -0.314. The van der Waals surface area contributed by atoms with Crippen LogP contribution in [0.3, 0.4) is 0 Å². The summed E-state index contributed by atoms with van der Waals surface area (Å²) < 4.78 is 5.14. The third-order valence-corrected chi connectivity index (χ3v) is 5.82. The lowest BCUT2D eigenvalue weighted by atomic mass is 10.1. The van der Waals surface area contributed by atoms with Crippen LogP contribution in [-0.4, -0.2) is 30.0 Å². The molecule has 2 N–H and O–H groups in total. The molecule has 1 aliphatic heterocycles. The summed E-state index contributed by atoms with van der Waals surface area (Å²) in [6.07, 6.45) is 4.04. The van der Waals surface area contributed by atoms with E-state index >= 15 is 0 Å². The van der Waals surface area contributed by atoms with Crippen molar-refractivity contribution in [3.8, 4) is 10.4 Å². The van der Waals surface area contributed by atoms with Crippen molar-refractivity contribution in [2.75, 3.05) is 23.8 Å². The first-order valence-corrected chi connectivity index (χ1v) is 9.81. The molecule has 3 aromatic rings. The zero-order chi connectivity index (χ0) is 19.7. The van der Waals surface area contributed by atoms with Crippen molar-refractivity contribution in [2.24, 2.45) is 0 Å². The molecule has 28 heavy (non-hydrogen) atoms. The minimum absolute atomic E-state index is 0.102. The van der Waals surface area contributed by atoms with E-state index in [1.807, 2.05) is 12.1 Å². The van der Waals surface area contributed by atoms with Gasteiger partial charge in [0.15, 0.2) is 0 Å². The summed E-state index contributed by atoms with van der Waals surface area (Å²) in [5.74, 6) is -0.416. The van der Waals surface area contributed by atoms with E-state index in [2.05, 4.69) is 4.98 Å². The highest BCUT2D eigenvalue weighted by molar-refractivity contribution is 7.17. The highest BCUT2D eigenvalue weighted by Crippen LogP contribution is 2.41. The highest BCUT2D eigenvalue weighted by Gasteiger charge is 2.28. The first kappa shape index (κ1) is 18.2. The van der Waals surface area contributed by atoms with Gasteiger partial charge in [0, 0.05) is 34.4 Å². The Hall–Kier alpha value is -3.19. The van der Waals surface area contributed by atoms with E-state index < -0.39 is 0 Å². The smallest absolute Gasteiger partial charge is 0.348 e. The fraction of sp³-hybridized carbons (Fsp3) is 0.190. The topological polar surface area (TPSA) is 85.5 Å². The zero-order valence-electron chi connectivity index (χ0n) is 15.3. The molecule has 2 aromatic heterocycles. The Morgan fingerprint density at radius 3 is 2.79 bits per heavy atom. The van der Waals surface area contributed by atoms with Crippen molar-refractivity contribution in [1.82, 2.24) is 4.98 Å². The molecular formula is C21H19N3O3S. The number of aromatic nitrogens is 1. The second-order valence-corrected chi connectivity index (χ2v) is 7.46. The van der Waals surface area contributed by atoms with Crippen molar-refractivity contribution >= 4 is 34.6 Å². The standard InChI is InChI=1S/C21H19N3O3S/c1-2-27-21(26)18-11-14-8-10-24(20(25)13-3-5-15(22)6-4-13)17-12-23-9-7-16(17)19(14)28-18/h3-7,9,11-12H,2,8,10,22H2,1H3. The summed E-state index contributed by atoms with van der Waals surface area (Å²) in [6, 6.07) is 10.7. The minimum Gasteiger partial charge on any atom is -0.462 e. The molecule has 142 valence electrons. The molecule has 0 spiro atoms. The van der Waals surface area contributed by atoms with Gasteiger partial charge in [-0.25, -0.2) is 4.79 Å². The van der Waals surface area contributed by atoms with Gasteiger partial charge < -0.3 is 15.4 Å². The maximum atomic E-state index is 13.1. The zero-order valence-corrected chi connectivity index (χ0v) is 16.2. The van der Waals surface area contributed by atoms with Crippen LogP contribution in [0.2, 0.25) is 0 Å². The van der Waals surface area contributed by atoms with Crippen molar-refractivity contribution in [3.05, 3.63) is 64.8 Å². The van der Waals surface area contributed by atoms with E-state index in [0.29, 0.717) is 35.7 Å². The summed E-state index contributed by atoms with van der Waals surface area (Å²) in [4.78, 5) is 32.8. The molecule has 0 atom stereocenters. The van der Waals surface area contributed by atoms with Gasteiger partial charge in [0.25, 0.3) is 5.91 Å². The number of ether oxygens (including phenoxy) is 1. The fourth-order valence-corrected chi connectivity index (χ4v) is 4.42. The first-order chi connectivity index (χ1) is 13.6. The molecule has 1 aromatic carbocycles. The van der Waals surface area contributed by atoms with Crippen molar-refractivity contribution in [2.45, 2.75) is 13.3 Å². The Labute approximate surface area is 166 Å². The van der Waals surface area contributed by atoms with E-state index in [9.17, 15) is 9.59 Å². The number of benzene rings is 1. The van der Waals surface area contributed by atoms with Crippen LogP contribution in [0.1, 0.15) is 32.5 Å². The van der Waals surface area contributed by atoms with Gasteiger partial charge in [0.05, 0.1) is 18.5 Å². The van der Waals surface area contributed by atoms with Gasteiger partial charge >= 0.3 is 5.97 Å². The number of nitrogen functional groups attached to an aromatic ring is 1. The Bertz CT molecular complexity index is 1040. The third-order valence-electron chi connectivity index (χ3n) is 4.63. The number of esters is 1. The molecule has 1 amide bonds. The molecule has 4 rings (SSSR count). The van der Waals surface area contributed by atoms with Crippen LogP contribution in [0.15, 0.2) is 48.8 Å². The maximum Gasteiger partial charge on any atom is 0.348 e. The second-order valence-electron chi connectivity index (χ2n) is 6.41. The van der Waals surface area contributed by atoms with Gasteiger partial charge in [0.1, 0.15) is 4.88 Å². The first-order valence-electron chi connectivity index (χ1n) is 9.00. The second kappa shape index (κ2) is 7.44. The molecule has 3 heterocycles. The number of thiophene rings is 1. The van der Waals surface area contributed by atoms with Gasteiger partial charge in [-0.3, -0.25) is 9.78 Å². The largest absolute Gasteiger partial charge is 0.462 e. The monoisotopic (exact) mass is 393 g/mol. The molecule has 0 radical (unpaired) electrons. The summed E-state index contributed by atoms with van der Waals surface area (Å²) in [5, 5.41) is 0. The van der Waals surface area contributed by atoms with Crippen molar-refractivity contribution in [3.63, 3.8) is 0 Å². The van der Waals surface area contributed by atoms with Crippen LogP contribution in [0.4, 0.5) is 11.4 Å². The molecule has 0 fully saturated rings. The predicted octanol–water partition coefficient (Wildman–Crippen LogP) is 3.77. The quantitative estimate of drug-likeness (QED) is 0.541. The highest BCUT2D eigenvalue weighted by atomic mass is 32.1. The molecule has 1 aliphatic rings. The van der Waals surface area contributed by atoms with Crippen molar-refractivity contribution in [1.29, 1.82) is 0 Å². The van der Waals surface area contributed by atoms with Gasteiger partial charge in [-0.2, -0.15) is 0 Å². The van der Waals surface area contributed by atoms with E-state index in [-0.39, 0.29) is 11.9 Å². The SMILES string of the molecule is CCOC(=O)c1cc2c(s1)-c1ccncc1N(C(=O)c1ccc(N)cc1)CC2. The molecule has 0 unspecified atom stereocenters. The molecular weight excluding hydrogens is 374 g/mol. The number of hydrogen-bond donors (Lipinski definition) is 1. The molecule has 7 heteroatoms. The molecule has 0 aliphatic carbocycles. The number of hydrogen-bond acceptors (Lipinski definition) is 6. The van der Waals surface area contributed by atoms with E-state index in [1.54, 1.807) is 48.5 Å². The molecule has 6 nitrogen and oxygen atoms in total. The number of carbonyl (C=O) groups is 2. The van der Waals surface area contributed by atoms with Crippen LogP contribution in [-0.2, 0) is 11.2 Å². The number of amides is 1. The third kappa shape index (κ3) is 3.25. The van der Waals surface area contributed by atoms with Gasteiger partial charge in [-0.1, -0.05) is 0 Å². The Kier molecular flexibility index (Phi) is 4.83. The van der Waals surface area contributed by atoms with Crippen LogP contribution in [0.25, 0.3) is 10.4 Å². The Morgan fingerprint density at radius 1 is 1.25 bits per heavy atom. The van der Waals surface area contributed by atoms with E-state index in [0.717, 1.165) is 21.7 Å². The summed E-state index contributed by atoms with van der Waals surface area (Å²) in [5.41, 5.74) is 9.59. The lowest BCUT2D eigenvalue weighted by Crippen LogP contribution is -2.32. The summed E-state index contributed by atoms with van der Waals surface area (Å²) >= 11 is 1.39. The van der Waals surface area contributed by atoms with Gasteiger partial charge in [0.2, 0.25) is 0 Å². The number of nitrogens with zero attached hydrogens (tertiary/aromatic N) is 2. The van der Waals surface area contributed by atoms with Crippen LogP contribution >= 0.6 is 11.3 Å². The number of carbonyl (C=O) groups excluding carboxylic acids is 2. The Morgan fingerprint density at radius 2 is 2.04 bits per heavy atom. The number of fused-ring (bicyclic) bond motifs is 3. The number of nitrogens with two attached hydrogens (primary N) is 1. The summed E-state index contributed by atoms with van der Waals surface area (Å²) in [6.45, 7) is 2.62. The van der Waals surface area contributed by atoms with Gasteiger partial charge in [-0.15, -0.1) is 11.3 Å². The number of rotatable bonds is 3. The van der Waals surface area contributed by atoms with Crippen LogP contribution in [0, 0.1) is 0 Å². The van der Waals surface area contributed by atoms with Crippen LogP contribution in [0.5, 0.6) is 0 Å². The van der Waals surface area contributed by atoms with Crippen molar-refractivity contribution < 1.29 is 14.3 Å². The normalized spacial score (nSPS) is 12.7. The molecule has 0 saturated heterocycles. The lowest BCUT2D eigenvalue weighted by Gasteiger charge is -2.22. The fourth-order valence-electron chi connectivity index (χ4n) is 3.28. The average molecular weight is 393 g/mol. The average Bonchev–Trinajstić information content (AvgIpc) is 3.07. The predicted molar refractivity (Wildman–Crippen MR) is 110 cm³/mol. The van der Waals surface area contributed by atoms with Crippen LogP contribution < -0.4 is 10.6 Å². The van der Waals surface area contributed by atoms with E-state index in [1.165, 1.54) is 11.3 Å².